The molecule has 0 saturated heterocycles. The average molecular weight is 336 g/mol. The molecular formula is C16H15ClFN3O2. The SMILES string of the molecule is CNC(=O)NC(=O)[C@@H](Nc1ccc(F)c(Cl)c1)c1ccccc1. The summed E-state index contributed by atoms with van der Waals surface area (Å²) < 4.78 is 13.2. The molecule has 0 bridgehead atoms. The highest BCUT2D eigenvalue weighted by atomic mass is 35.5. The Labute approximate surface area is 137 Å². The maximum absolute atomic E-state index is 13.2. The van der Waals surface area contributed by atoms with Crippen molar-refractivity contribution in [3.63, 3.8) is 0 Å². The lowest BCUT2D eigenvalue weighted by molar-refractivity contribution is -0.120. The molecule has 0 saturated carbocycles. The van der Waals surface area contributed by atoms with Gasteiger partial charge in [0, 0.05) is 12.7 Å². The van der Waals surface area contributed by atoms with E-state index in [-0.39, 0.29) is 5.02 Å². The van der Waals surface area contributed by atoms with Crippen LogP contribution in [0.5, 0.6) is 0 Å². The van der Waals surface area contributed by atoms with Crippen LogP contribution in [0.2, 0.25) is 5.02 Å². The van der Waals surface area contributed by atoms with Crippen molar-refractivity contribution in [2.75, 3.05) is 12.4 Å². The van der Waals surface area contributed by atoms with Crippen molar-refractivity contribution in [1.82, 2.24) is 10.6 Å². The van der Waals surface area contributed by atoms with Crippen LogP contribution in [0.4, 0.5) is 14.9 Å². The molecule has 0 aromatic heterocycles. The Kier molecular flexibility index (Phi) is 5.54. The van der Waals surface area contributed by atoms with Gasteiger partial charge in [-0.2, -0.15) is 0 Å². The number of hydrogen-bond acceptors (Lipinski definition) is 3. The second-order valence-corrected chi connectivity index (χ2v) is 5.09. The molecule has 120 valence electrons. The molecule has 5 nitrogen and oxygen atoms in total. The van der Waals surface area contributed by atoms with Gasteiger partial charge in [-0.15, -0.1) is 0 Å². The predicted octanol–water partition coefficient (Wildman–Crippen LogP) is 3.09. The topological polar surface area (TPSA) is 70.2 Å². The van der Waals surface area contributed by atoms with E-state index >= 15 is 0 Å². The summed E-state index contributed by atoms with van der Waals surface area (Å²) in [6.45, 7) is 0. The van der Waals surface area contributed by atoms with Crippen LogP contribution in [0.1, 0.15) is 11.6 Å². The lowest BCUT2D eigenvalue weighted by Crippen LogP contribution is -2.42. The van der Waals surface area contributed by atoms with Crippen molar-refractivity contribution in [3.8, 4) is 0 Å². The summed E-state index contributed by atoms with van der Waals surface area (Å²) in [6.07, 6.45) is 0. The summed E-state index contributed by atoms with van der Waals surface area (Å²) in [5.41, 5.74) is 1.10. The normalized spacial score (nSPS) is 11.4. The van der Waals surface area contributed by atoms with Crippen LogP contribution in [-0.2, 0) is 4.79 Å². The van der Waals surface area contributed by atoms with E-state index in [1.165, 1.54) is 25.2 Å². The standard InChI is InChI=1S/C16H15ClFN3O2/c1-19-16(23)21-15(22)14(10-5-3-2-4-6-10)20-11-7-8-13(18)12(17)9-11/h2-9,14,20H,1H3,(H2,19,21,22,23)/t14-/m0/s1. The number of benzene rings is 2. The molecule has 0 aliphatic carbocycles. The van der Waals surface area contributed by atoms with E-state index in [2.05, 4.69) is 16.0 Å². The molecule has 3 amide bonds. The van der Waals surface area contributed by atoms with Gasteiger partial charge in [0.15, 0.2) is 0 Å². The number of carbonyl (C=O) groups excluding carboxylic acids is 2. The largest absolute Gasteiger partial charge is 0.370 e. The zero-order valence-corrected chi connectivity index (χ0v) is 13.0. The summed E-state index contributed by atoms with van der Waals surface area (Å²) >= 11 is 5.75. The molecule has 1 atom stereocenters. The Balaban J connectivity index is 2.28. The molecular weight excluding hydrogens is 321 g/mol. The molecule has 0 spiro atoms. The van der Waals surface area contributed by atoms with Gasteiger partial charge in [-0.25, -0.2) is 9.18 Å². The van der Waals surface area contributed by atoms with E-state index in [0.717, 1.165) is 0 Å². The summed E-state index contributed by atoms with van der Waals surface area (Å²) in [5, 5.41) is 7.42. The van der Waals surface area contributed by atoms with Crippen LogP contribution in [0.25, 0.3) is 0 Å². The smallest absolute Gasteiger partial charge is 0.321 e. The highest BCUT2D eigenvalue weighted by Gasteiger charge is 2.22. The minimum Gasteiger partial charge on any atom is -0.370 e. The highest BCUT2D eigenvalue weighted by molar-refractivity contribution is 6.31. The molecule has 7 heteroatoms. The van der Waals surface area contributed by atoms with Crippen LogP contribution in [0.3, 0.4) is 0 Å². The fourth-order valence-corrected chi connectivity index (χ4v) is 2.13. The van der Waals surface area contributed by atoms with E-state index in [1.54, 1.807) is 24.3 Å². The maximum Gasteiger partial charge on any atom is 0.321 e. The first kappa shape index (κ1) is 16.8. The second kappa shape index (κ2) is 7.60. The number of carbonyl (C=O) groups is 2. The third kappa shape index (κ3) is 4.43. The van der Waals surface area contributed by atoms with Crippen LogP contribution in [0, 0.1) is 5.82 Å². The molecule has 2 aromatic rings. The number of hydrogen-bond donors (Lipinski definition) is 3. The first-order valence-corrected chi connectivity index (χ1v) is 7.18. The average Bonchev–Trinajstić information content (AvgIpc) is 2.56. The maximum atomic E-state index is 13.2. The number of urea groups is 1. The number of anilines is 1. The monoisotopic (exact) mass is 335 g/mol. The van der Waals surface area contributed by atoms with Gasteiger partial charge in [-0.3, -0.25) is 10.1 Å². The number of amides is 3. The van der Waals surface area contributed by atoms with E-state index in [4.69, 9.17) is 11.6 Å². The molecule has 2 aromatic carbocycles. The fourth-order valence-electron chi connectivity index (χ4n) is 1.94. The van der Waals surface area contributed by atoms with Crippen molar-refractivity contribution < 1.29 is 14.0 Å². The number of nitrogens with one attached hydrogen (secondary N) is 3. The molecule has 0 fully saturated rings. The van der Waals surface area contributed by atoms with Gasteiger partial charge >= 0.3 is 6.03 Å². The summed E-state index contributed by atoms with van der Waals surface area (Å²) in [4.78, 5) is 23.7. The first-order valence-electron chi connectivity index (χ1n) is 6.80. The second-order valence-electron chi connectivity index (χ2n) is 4.69. The van der Waals surface area contributed by atoms with Crippen molar-refractivity contribution in [2.24, 2.45) is 0 Å². The van der Waals surface area contributed by atoms with Gasteiger partial charge in [0.05, 0.1) is 5.02 Å². The minimum atomic E-state index is -0.838. The van der Waals surface area contributed by atoms with Crippen molar-refractivity contribution in [2.45, 2.75) is 6.04 Å². The Bertz CT molecular complexity index is 710. The first-order chi connectivity index (χ1) is 11.0. The van der Waals surface area contributed by atoms with Gasteiger partial charge in [0.1, 0.15) is 11.9 Å². The lowest BCUT2D eigenvalue weighted by Gasteiger charge is -2.19. The molecule has 0 heterocycles. The van der Waals surface area contributed by atoms with Crippen molar-refractivity contribution >= 4 is 29.2 Å². The van der Waals surface area contributed by atoms with Gasteiger partial charge in [-0.1, -0.05) is 41.9 Å². The zero-order valence-electron chi connectivity index (χ0n) is 12.3. The van der Waals surface area contributed by atoms with Crippen LogP contribution >= 0.6 is 11.6 Å². The van der Waals surface area contributed by atoms with Gasteiger partial charge in [-0.05, 0) is 23.8 Å². The van der Waals surface area contributed by atoms with Crippen molar-refractivity contribution in [1.29, 1.82) is 0 Å². The van der Waals surface area contributed by atoms with Gasteiger partial charge in [0.25, 0.3) is 5.91 Å². The lowest BCUT2D eigenvalue weighted by atomic mass is 10.1. The Hall–Kier alpha value is -2.60. The van der Waals surface area contributed by atoms with Crippen LogP contribution < -0.4 is 16.0 Å². The Morgan fingerprint density at radius 1 is 1.13 bits per heavy atom. The quantitative estimate of drug-likeness (QED) is 0.804. The van der Waals surface area contributed by atoms with Gasteiger partial charge in [0.2, 0.25) is 0 Å². The van der Waals surface area contributed by atoms with Crippen LogP contribution in [0.15, 0.2) is 48.5 Å². The number of halogens is 2. The summed E-state index contributed by atoms with van der Waals surface area (Å²) in [7, 11) is 1.41. The third-order valence-electron chi connectivity index (χ3n) is 3.09. The molecule has 2 rings (SSSR count). The summed E-state index contributed by atoms with van der Waals surface area (Å²) in [6, 6.07) is 11.4. The van der Waals surface area contributed by atoms with Gasteiger partial charge < -0.3 is 10.6 Å². The highest BCUT2D eigenvalue weighted by Crippen LogP contribution is 2.24. The summed E-state index contributed by atoms with van der Waals surface area (Å²) in [5.74, 6) is -1.10. The minimum absolute atomic E-state index is 0.0616. The van der Waals surface area contributed by atoms with E-state index in [1.807, 2.05) is 6.07 Å². The fraction of sp³-hybridized carbons (Fsp3) is 0.125. The molecule has 0 aliphatic heterocycles. The molecule has 3 N–H and O–H groups in total. The molecule has 0 radical (unpaired) electrons. The van der Waals surface area contributed by atoms with E-state index in [0.29, 0.717) is 11.3 Å². The number of imide groups is 1. The van der Waals surface area contributed by atoms with Crippen molar-refractivity contribution in [3.05, 3.63) is 64.9 Å². The molecule has 0 aliphatic rings. The predicted molar refractivity (Wildman–Crippen MR) is 86.8 cm³/mol. The van der Waals surface area contributed by atoms with E-state index < -0.39 is 23.8 Å². The number of rotatable bonds is 4. The Morgan fingerprint density at radius 3 is 2.43 bits per heavy atom. The Morgan fingerprint density at radius 2 is 1.83 bits per heavy atom. The van der Waals surface area contributed by atoms with Crippen LogP contribution in [-0.4, -0.2) is 19.0 Å². The molecule has 23 heavy (non-hydrogen) atoms. The van der Waals surface area contributed by atoms with E-state index in [9.17, 15) is 14.0 Å². The zero-order chi connectivity index (χ0) is 16.8. The molecule has 0 unspecified atom stereocenters. The third-order valence-corrected chi connectivity index (χ3v) is 3.38.